The summed E-state index contributed by atoms with van der Waals surface area (Å²) in [7, 11) is 0. The van der Waals surface area contributed by atoms with Crippen molar-refractivity contribution in [3.8, 4) is 11.1 Å². The highest BCUT2D eigenvalue weighted by atomic mass is 32.1. The van der Waals surface area contributed by atoms with Crippen LogP contribution in [0.3, 0.4) is 0 Å². The van der Waals surface area contributed by atoms with E-state index >= 15 is 0 Å². The zero-order chi connectivity index (χ0) is 10.7. The Labute approximate surface area is 93.4 Å². The van der Waals surface area contributed by atoms with Gasteiger partial charge >= 0.3 is 0 Å². The molecule has 0 aliphatic rings. The fourth-order valence-electron chi connectivity index (χ4n) is 1.57. The van der Waals surface area contributed by atoms with Crippen LogP contribution in [-0.4, -0.2) is 6.29 Å². The third kappa shape index (κ3) is 2.00. The molecule has 0 N–H and O–H groups in total. The molecule has 0 aliphatic heterocycles. The molecule has 0 unspecified atom stereocenters. The molecule has 2 aromatic rings. The first kappa shape index (κ1) is 10.1. The van der Waals surface area contributed by atoms with E-state index in [0.717, 1.165) is 29.4 Å². The zero-order valence-corrected chi connectivity index (χ0v) is 9.38. The smallest absolute Gasteiger partial charge is 0.150 e. The van der Waals surface area contributed by atoms with Gasteiger partial charge in [0.05, 0.1) is 0 Å². The topological polar surface area (TPSA) is 17.1 Å². The van der Waals surface area contributed by atoms with Crippen molar-refractivity contribution in [3.05, 3.63) is 46.2 Å². The van der Waals surface area contributed by atoms with Gasteiger partial charge in [-0.2, -0.15) is 0 Å². The molecule has 0 spiro atoms. The SMILES string of the molecule is CCc1cc(-c2ccccc2C=O)cs1. The molecule has 0 saturated heterocycles. The molecule has 1 nitrogen and oxygen atoms in total. The Balaban J connectivity index is 2.48. The molecule has 1 aromatic carbocycles. The average molecular weight is 216 g/mol. The molecule has 15 heavy (non-hydrogen) atoms. The number of carbonyl (C=O) groups is 1. The third-order valence-electron chi connectivity index (χ3n) is 2.40. The van der Waals surface area contributed by atoms with Crippen LogP contribution in [0.1, 0.15) is 22.2 Å². The Morgan fingerprint density at radius 3 is 2.80 bits per heavy atom. The molecule has 76 valence electrons. The van der Waals surface area contributed by atoms with E-state index in [-0.39, 0.29) is 0 Å². The standard InChI is InChI=1S/C13H12OS/c1-2-12-7-11(9-15-12)13-6-4-3-5-10(13)8-14/h3-9H,2H2,1H3. The van der Waals surface area contributed by atoms with E-state index in [4.69, 9.17) is 0 Å². The lowest BCUT2D eigenvalue weighted by atomic mass is 10.0. The molecule has 0 bridgehead atoms. The van der Waals surface area contributed by atoms with Crippen molar-refractivity contribution >= 4 is 17.6 Å². The van der Waals surface area contributed by atoms with Gasteiger partial charge in [-0.15, -0.1) is 11.3 Å². The summed E-state index contributed by atoms with van der Waals surface area (Å²) in [6, 6.07) is 9.86. The van der Waals surface area contributed by atoms with Gasteiger partial charge in [0.2, 0.25) is 0 Å². The fourth-order valence-corrected chi connectivity index (χ4v) is 2.40. The van der Waals surface area contributed by atoms with Crippen molar-refractivity contribution < 1.29 is 4.79 Å². The second-order valence-electron chi connectivity index (χ2n) is 3.36. The summed E-state index contributed by atoms with van der Waals surface area (Å²) >= 11 is 1.75. The summed E-state index contributed by atoms with van der Waals surface area (Å²) in [5.74, 6) is 0. The molecule has 0 amide bonds. The molecule has 0 aliphatic carbocycles. The Hall–Kier alpha value is -1.41. The van der Waals surface area contributed by atoms with Crippen molar-refractivity contribution in [3.63, 3.8) is 0 Å². The van der Waals surface area contributed by atoms with Crippen LogP contribution < -0.4 is 0 Å². The first-order valence-corrected chi connectivity index (χ1v) is 5.85. The van der Waals surface area contributed by atoms with Gasteiger partial charge in [0.1, 0.15) is 0 Å². The highest BCUT2D eigenvalue weighted by Crippen LogP contribution is 2.27. The van der Waals surface area contributed by atoms with Crippen LogP contribution in [0.25, 0.3) is 11.1 Å². The van der Waals surface area contributed by atoms with E-state index in [9.17, 15) is 4.79 Å². The van der Waals surface area contributed by atoms with E-state index < -0.39 is 0 Å². The van der Waals surface area contributed by atoms with Crippen molar-refractivity contribution in [1.29, 1.82) is 0 Å². The fraction of sp³-hybridized carbons (Fsp3) is 0.154. The molecule has 1 heterocycles. The number of carbonyl (C=O) groups excluding carboxylic acids is 1. The van der Waals surface area contributed by atoms with Crippen molar-refractivity contribution in [2.24, 2.45) is 0 Å². The predicted octanol–water partition coefficient (Wildman–Crippen LogP) is 3.79. The van der Waals surface area contributed by atoms with E-state index in [1.54, 1.807) is 11.3 Å². The molecule has 2 rings (SSSR count). The van der Waals surface area contributed by atoms with Gasteiger partial charge in [-0.25, -0.2) is 0 Å². The lowest BCUT2D eigenvalue weighted by Crippen LogP contribution is -1.84. The second kappa shape index (κ2) is 4.41. The first-order valence-electron chi connectivity index (χ1n) is 4.97. The van der Waals surface area contributed by atoms with Gasteiger partial charge < -0.3 is 0 Å². The van der Waals surface area contributed by atoms with Gasteiger partial charge in [0.15, 0.2) is 6.29 Å². The quantitative estimate of drug-likeness (QED) is 0.713. The lowest BCUT2D eigenvalue weighted by Gasteiger charge is -2.00. The molecule has 0 saturated carbocycles. The van der Waals surface area contributed by atoms with Crippen LogP contribution in [-0.2, 0) is 6.42 Å². The zero-order valence-electron chi connectivity index (χ0n) is 8.57. The monoisotopic (exact) mass is 216 g/mol. The van der Waals surface area contributed by atoms with Gasteiger partial charge in [-0.1, -0.05) is 31.2 Å². The van der Waals surface area contributed by atoms with E-state index in [1.165, 1.54) is 4.88 Å². The number of rotatable bonds is 3. The van der Waals surface area contributed by atoms with E-state index in [2.05, 4.69) is 18.4 Å². The summed E-state index contributed by atoms with van der Waals surface area (Å²) in [5, 5.41) is 2.11. The maximum atomic E-state index is 10.9. The van der Waals surface area contributed by atoms with Crippen molar-refractivity contribution in [2.75, 3.05) is 0 Å². The van der Waals surface area contributed by atoms with Gasteiger partial charge in [-0.3, -0.25) is 4.79 Å². The van der Waals surface area contributed by atoms with Crippen LogP contribution in [0.15, 0.2) is 35.7 Å². The van der Waals surface area contributed by atoms with Gasteiger partial charge in [0, 0.05) is 10.4 Å². The largest absolute Gasteiger partial charge is 0.298 e. The summed E-state index contributed by atoms with van der Waals surface area (Å²) in [5.41, 5.74) is 2.95. The van der Waals surface area contributed by atoms with Crippen LogP contribution in [0.5, 0.6) is 0 Å². The molecular weight excluding hydrogens is 204 g/mol. The van der Waals surface area contributed by atoms with Gasteiger partial charge in [0.25, 0.3) is 0 Å². The van der Waals surface area contributed by atoms with Gasteiger partial charge in [-0.05, 0) is 29.0 Å². The summed E-state index contributed by atoms with van der Waals surface area (Å²) in [6.07, 6.45) is 1.96. The van der Waals surface area contributed by atoms with Crippen molar-refractivity contribution in [1.82, 2.24) is 0 Å². The minimum Gasteiger partial charge on any atom is -0.298 e. The maximum absolute atomic E-state index is 10.9. The minimum atomic E-state index is 0.762. The Morgan fingerprint density at radius 2 is 2.13 bits per heavy atom. The number of hydrogen-bond donors (Lipinski definition) is 0. The van der Waals surface area contributed by atoms with E-state index in [0.29, 0.717) is 0 Å². The molecular formula is C13H12OS. The Kier molecular flexibility index (Phi) is 2.97. The molecule has 0 atom stereocenters. The Bertz CT molecular complexity index is 471. The number of thiophene rings is 1. The number of benzene rings is 1. The average Bonchev–Trinajstić information content (AvgIpc) is 2.77. The Morgan fingerprint density at radius 1 is 1.33 bits per heavy atom. The number of hydrogen-bond acceptors (Lipinski definition) is 2. The number of aldehydes is 1. The van der Waals surface area contributed by atoms with Crippen molar-refractivity contribution in [2.45, 2.75) is 13.3 Å². The van der Waals surface area contributed by atoms with Crippen LogP contribution in [0, 0.1) is 0 Å². The summed E-state index contributed by atoms with van der Waals surface area (Å²) in [6.45, 7) is 2.14. The predicted molar refractivity (Wildman–Crippen MR) is 64.5 cm³/mol. The normalized spacial score (nSPS) is 10.2. The highest BCUT2D eigenvalue weighted by molar-refractivity contribution is 7.10. The molecule has 2 heteroatoms. The first-order chi connectivity index (χ1) is 7.35. The molecule has 0 radical (unpaired) electrons. The molecule has 0 fully saturated rings. The molecule has 1 aromatic heterocycles. The lowest BCUT2D eigenvalue weighted by molar-refractivity contribution is 0.112. The second-order valence-corrected chi connectivity index (χ2v) is 4.36. The summed E-state index contributed by atoms with van der Waals surface area (Å²) < 4.78 is 0. The highest BCUT2D eigenvalue weighted by Gasteiger charge is 2.05. The van der Waals surface area contributed by atoms with E-state index in [1.807, 2.05) is 24.3 Å². The van der Waals surface area contributed by atoms with Crippen LogP contribution in [0.4, 0.5) is 0 Å². The minimum absolute atomic E-state index is 0.762. The maximum Gasteiger partial charge on any atom is 0.150 e. The summed E-state index contributed by atoms with van der Waals surface area (Å²) in [4.78, 5) is 12.2. The van der Waals surface area contributed by atoms with Crippen LogP contribution >= 0.6 is 11.3 Å². The third-order valence-corrected chi connectivity index (χ3v) is 3.48. The number of aryl methyl sites for hydroxylation is 1. The van der Waals surface area contributed by atoms with Crippen LogP contribution in [0.2, 0.25) is 0 Å².